The highest BCUT2D eigenvalue weighted by atomic mass is 19.1. The van der Waals surface area contributed by atoms with Gasteiger partial charge in [-0.2, -0.15) is 0 Å². The SMILES string of the molecule is CCC1CCC(CNC(C)C)C(Cc2cccc(F)c2)C1. The number of hydrogen-bond acceptors (Lipinski definition) is 1. The first kappa shape index (κ1) is 16.5. The molecule has 0 aromatic heterocycles. The van der Waals surface area contributed by atoms with E-state index in [1.54, 1.807) is 6.07 Å². The Morgan fingerprint density at radius 1 is 1.24 bits per heavy atom. The molecule has 1 saturated carbocycles. The highest BCUT2D eigenvalue weighted by molar-refractivity contribution is 5.17. The summed E-state index contributed by atoms with van der Waals surface area (Å²) in [5.74, 6) is 2.18. The van der Waals surface area contributed by atoms with E-state index in [2.05, 4.69) is 32.2 Å². The Bertz CT molecular complexity index is 429. The van der Waals surface area contributed by atoms with Crippen LogP contribution in [0.2, 0.25) is 0 Å². The largest absolute Gasteiger partial charge is 0.314 e. The molecule has 0 bridgehead atoms. The summed E-state index contributed by atoms with van der Waals surface area (Å²) in [6.07, 6.45) is 6.29. The third-order valence-electron chi connectivity index (χ3n) is 5.00. The first-order valence-corrected chi connectivity index (χ1v) is 8.56. The average Bonchev–Trinajstić information content (AvgIpc) is 2.45. The molecule has 0 aliphatic heterocycles. The summed E-state index contributed by atoms with van der Waals surface area (Å²) < 4.78 is 13.4. The van der Waals surface area contributed by atoms with Gasteiger partial charge in [0, 0.05) is 6.04 Å². The van der Waals surface area contributed by atoms with Gasteiger partial charge in [-0.1, -0.05) is 45.7 Å². The summed E-state index contributed by atoms with van der Waals surface area (Å²) in [5.41, 5.74) is 1.16. The van der Waals surface area contributed by atoms with Crippen molar-refractivity contribution in [3.8, 4) is 0 Å². The maximum atomic E-state index is 13.4. The van der Waals surface area contributed by atoms with Crippen molar-refractivity contribution in [3.63, 3.8) is 0 Å². The van der Waals surface area contributed by atoms with Crippen LogP contribution < -0.4 is 5.32 Å². The minimum atomic E-state index is -0.104. The Hall–Kier alpha value is -0.890. The molecule has 1 aliphatic carbocycles. The minimum absolute atomic E-state index is 0.104. The zero-order valence-corrected chi connectivity index (χ0v) is 13.7. The molecule has 1 nitrogen and oxygen atoms in total. The second kappa shape index (κ2) is 7.93. The number of hydrogen-bond donors (Lipinski definition) is 1. The van der Waals surface area contributed by atoms with Crippen LogP contribution in [0.15, 0.2) is 24.3 Å². The van der Waals surface area contributed by atoms with E-state index in [0.29, 0.717) is 12.0 Å². The fraction of sp³-hybridized carbons (Fsp3) is 0.684. The van der Waals surface area contributed by atoms with E-state index in [9.17, 15) is 4.39 Å². The van der Waals surface area contributed by atoms with Crippen molar-refractivity contribution in [1.82, 2.24) is 5.32 Å². The van der Waals surface area contributed by atoms with Crippen molar-refractivity contribution in [2.45, 2.75) is 58.9 Å². The standard InChI is InChI=1S/C19H30FN/c1-4-15-8-9-17(13-21-14(2)3)18(10-15)11-16-6-5-7-19(20)12-16/h5-7,12,14-15,17-18,21H,4,8-11,13H2,1-3H3. The van der Waals surface area contributed by atoms with Gasteiger partial charge in [-0.25, -0.2) is 4.39 Å². The zero-order chi connectivity index (χ0) is 15.2. The molecular weight excluding hydrogens is 261 g/mol. The molecular formula is C19H30FN. The molecule has 3 unspecified atom stereocenters. The molecule has 0 radical (unpaired) electrons. The fourth-order valence-electron chi connectivity index (χ4n) is 3.67. The second-order valence-electron chi connectivity index (χ2n) is 7.00. The quantitative estimate of drug-likeness (QED) is 0.793. The van der Waals surface area contributed by atoms with E-state index >= 15 is 0 Å². The molecule has 3 atom stereocenters. The van der Waals surface area contributed by atoms with Crippen LogP contribution in [0, 0.1) is 23.6 Å². The molecule has 0 spiro atoms. The molecule has 1 aromatic carbocycles. The molecule has 2 heteroatoms. The lowest BCUT2D eigenvalue weighted by molar-refractivity contribution is 0.169. The minimum Gasteiger partial charge on any atom is -0.314 e. The Balaban J connectivity index is 2.02. The maximum Gasteiger partial charge on any atom is 0.123 e. The van der Waals surface area contributed by atoms with Crippen molar-refractivity contribution < 1.29 is 4.39 Å². The topological polar surface area (TPSA) is 12.0 Å². The molecule has 1 fully saturated rings. The van der Waals surface area contributed by atoms with Crippen molar-refractivity contribution in [1.29, 1.82) is 0 Å². The second-order valence-corrected chi connectivity index (χ2v) is 7.00. The number of nitrogens with one attached hydrogen (secondary N) is 1. The summed E-state index contributed by atoms with van der Waals surface area (Å²) in [6.45, 7) is 7.82. The van der Waals surface area contributed by atoms with Crippen LogP contribution in [0.25, 0.3) is 0 Å². The van der Waals surface area contributed by atoms with Gasteiger partial charge in [-0.15, -0.1) is 0 Å². The third kappa shape index (κ3) is 5.10. The lowest BCUT2D eigenvalue weighted by Crippen LogP contribution is -2.36. The monoisotopic (exact) mass is 291 g/mol. The Kier molecular flexibility index (Phi) is 6.22. The lowest BCUT2D eigenvalue weighted by atomic mass is 9.71. The van der Waals surface area contributed by atoms with Crippen molar-refractivity contribution in [2.75, 3.05) is 6.54 Å². The molecule has 2 rings (SSSR count). The number of halogens is 1. The van der Waals surface area contributed by atoms with Crippen molar-refractivity contribution in [3.05, 3.63) is 35.6 Å². The molecule has 0 amide bonds. The van der Waals surface area contributed by atoms with Crippen LogP contribution >= 0.6 is 0 Å². The number of benzene rings is 1. The summed E-state index contributed by atoms with van der Waals surface area (Å²) >= 11 is 0. The van der Waals surface area contributed by atoms with Crippen LogP contribution in [0.5, 0.6) is 0 Å². The van der Waals surface area contributed by atoms with E-state index in [0.717, 1.165) is 30.4 Å². The van der Waals surface area contributed by atoms with Gasteiger partial charge in [0.05, 0.1) is 0 Å². The van der Waals surface area contributed by atoms with Crippen LogP contribution in [0.1, 0.15) is 52.0 Å². The molecule has 21 heavy (non-hydrogen) atoms. The first-order chi connectivity index (χ1) is 10.1. The van der Waals surface area contributed by atoms with E-state index in [-0.39, 0.29) is 5.82 Å². The fourth-order valence-corrected chi connectivity index (χ4v) is 3.67. The predicted molar refractivity (Wildman–Crippen MR) is 87.9 cm³/mol. The van der Waals surface area contributed by atoms with Gasteiger partial charge in [-0.3, -0.25) is 0 Å². The maximum absolute atomic E-state index is 13.4. The molecule has 1 aromatic rings. The van der Waals surface area contributed by atoms with Crippen LogP contribution in [-0.2, 0) is 6.42 Å². The van der Waals surface area contributed by atoms with Gasteiger partial charge in [0.15, 0.2) is 0 Å². The lowest BCUT2D eigenvalue weighted by Gasteiger charge is -2.37. The van der Waals surface area contributed by atoms with E-state index in [1.807, 2.05) is 6.07 Å². The van der Waals surface area contributed by atoms with Gasteiger partial charge >= 0.3 is 0 Å². The third-order valence-corrected chi connectivity index (χ3v) is 5.00. The average molecular weight is 291 g/mol. The van der Waals surface area contributed by atoms with Gasteiger partial charge in [0.1, 0.15) is 5.82 Å². The normalized spacial score (nSPS) is 26.2. The molecule has 0 saturated heterocycles. The Labute approximate surface area is 129 Å². The molecule has 1 aliphatic rings. The molecule has 118 valence electrons. The summed E-state index contributed by atoms with van der Waals surface area (Å²) in [5, 5.41) is 3.60. The highest BCUT2D eigenvalue weighted by Crippen LogP contribution is 2.37. The summed E-state index contributed by atoms with van der Waals surface area (Å²) in [7, 11) is 0. The number of rotatable bonds is 6. The van der Waals surface area contributed by atoms with E-state index in [1.165, 1.54) is 31.7 Å². The smallest absolute Gasteiger partial charge is 0.123 e. The van der Waals surface area contributed by atoms with Gasteiger partial charge in [0.25, 0.3) is 0 Å². The Morgan fingerprint density at radius 2 is 2.05 bits per heavy atom. The van der Waals surface area contributed by atoms with Gasteiger partial charge in [0.2, 0.25) is 0 Å². The molecule has 0 heterocycles. The Morgan fingerprint density at radius 3 is 2.71 bits per heavy atom. The first-order valence-electron chi connectivity index (χ1n) is 8.56. The highest BCUT2D eigenvalue weighted by Gasteiger charge is 2.29. The van der Waals surface area contributed by atoms with Gasteiger partial charge in [-0.05, 0) is 61.3 Å². The van der Waals surface area contributed by atoms with Gasteiger partial charge < -0.3 is 5.32 Å². The van der Waals surface area contributed by atoms with E-state index < -0.39 is 0 Å². The molecule has 1 N–H and O–H groups in total. The van der Waals surface area contributed by atoms with Crippen LogP contribution in [0.4, 0.5) is 4.39 Å². The van der Waals surface area contributed by atoms with Crippen LogP contribution in [0.3, 0.4) is 0 Å². The zero-order valence-electron chi connectivity index (χ0n) is 13.7. The summed E-state index contributed by atoms with van der Waals surface area (Å²) in [4.78, 5) is 0. The van der Waals surface area contributed by atoms with Crippen LogP contribution in [-0.4, -0.2) is 12.6 Å². The van der Waals surface area contributed by atoms with Crippen molar-refractivity contribution in [2.24, 2.45) is 17.8 Å². The van der Waals surface area contributed by atoms with E-state index in [4.69, 9.17) is 0 Å². The predicted octanol–water partition coefficient (Wildman–Crippen LogP) is 4.81. The van der Waals surface area contributed by atoms with Crippen molar-refractivity contribution >= 4 is 0 Å². The summed E-state index contributed by atoms with van der Waals surface area (Å²) in [6, 6.07) is 7.71.